The van der Waals surface area contributed by atoms with Crippen LogP contribution in [0.2, 0.25) is 0 Å². The molecule has 1 aromatic heterocycles. The molecule has 24 heavy (non-hydrogen) atoms. The molecule has 1 aromatic rings. The lowest BCUT2D eigenvalue weighted by atomic mass is 9.98. The molecule has 7 nitrogen and oxygen atoms in total. The molecule has 1 amide bonds. The molecule has 0 saturated carbocycles. The second kappa shape index (κ2) is 8.11. The highest BCUT2D eigenvalue weighted by atomic mass is 32.2. The largest absolute Gasteiger partial charge is 0.361 e. The van der Waals surface area contributed by atoms with E-state index in [2.05, 4.69) is 22.3 Å². The molecule has 0 bridgehead atoms. The van der Waals surface area contributed by atoms with E-state index in [-0.39, 0.29) is 17.7 Å². The molecule has 1 aliphatic rings. The number of nitrogens with zero attached hydrogens (tertiary/aromatic N) is 2. The van der Waals surface area contributed by atoms with E-state index in [0.717, 1.165) is 19.4 Å². The highest BCUT2D eigenvalue weighted by Gasteiger charge is 2.33. The fourth-order valence-electron chi connectivity index (χ4n) is 3.09. The van der Waals surface area contributed by atoms with Crippen LogP contribution < -0.4 is 5.32 Å². The standard InChI is InChI=1S/C16H27N3O4S/c1-4-6-12-10-19(7-8-24(3,21)22)11-15(12)17-16(20)14-9-13(5-2)23-18-14/h9,12,15H,4-8,10-11H2,1-3H3,(H,17,20)/t12-,15-/m0/s1. The van der Waals surface area contributed by atoms with Gasteiger partial charge in [0.15, 0.2) is 5.69 Å². The first-order valence-corrected chi connectivity index (χ1v) is 10.5. The average Bonchev–Trinajstić information content (AvgIpc) is 3.12. The Balaban J connectivity index is 1.97. The number of hydrogen-bond donors (Lipinski definition) is 1. The summed E-state index contributed by atoms with van der Waals surface area (Å²) >= 11 is 0. The molecular formula is C16H27N3O4S. The van der Waals surface area contributed by atoms with Gasteiger partial charge in [-0.05, 0) is 12.3 Å². The normalized spacial score (nSPS) is 22.0. The molecular weight excluding hydrogens is 330 g/mol. The lowest BCUT2D eigenvalue weighted by molar-refractivity contribution is 0.0920. The van der Waals surface area contributed by atoms with Crippen LogP contribution in [0.25, 0.3) is 0 Å². The van der Waals surface area contributed by atoms with Crippen molar-refractivity contribution < 1.29 is 17.7 Å². The van der Waals surface area contributed by atoms with Gasteiger partial charge in [-0.3, -0.25) is 9.69 Å². The third-order valence-corrected chi connectivity index (χ3v) is 5.34. The van der Waals surface area contributed by atoms with Gasteiger partial charge in [-0.15, -0.1) is 0 Å². The first-order valence-electron chi connectivity index (χ1n) is 8.49. The van der Waals surface area contributed by atoms with Crippen molar-refractivity contribution in [3.63, 3.8) is 0 Å². The number of carbonyl (C=O) groups is 1. The van der Waals surface area contributed by atoms with Gasteiger partial charge in [0, 0.05) is 44.4 Å². The van der Waals surface area contributed by atoms with Crippen molar-refractivity contribution in [3.05, 3.63) is 17.5 Å². The van der Waals surface area contributed by atoms with E-state index in [4.69, 9.17) is 4.52 Å². The first kappa shape index (κ1) is 18.9. The van der Waals surface area contributed by atoms with Gasteiger partial charge in [-0.2, -0.15) is 0 Å². The van der Waals surface area contributed by atoms with E-state index in [0.29, 0.717) is 36.9 Å². The summed E-state index contributed by atoms with van der Waals surface area (Å²) in [6.45, 7) is 6.05. The number of likely N-dealkylation sites (tertiary alicyclic amines) is 1. The molecule has 1 fully saturated rings. The molecule has 0 spiro atoms. The maximum absolute atomic E-state index is 12.4. The van der Waals surface area contributed by atoms with Crippen LogP contribution in [0.4, 0.5) is 0 Å². The third-order valence-electron chi connectivity index (χ3n) is 4.41. The summed E-state index contributed by atoms with van der Waals surface area (Å²) in [7, 11) is -2.98. The fourth-order valence-corrected chi connectivity index (χ4v) is 3.68. The van der Waals surface area contributed by atoms with Gasteiger partial charge in [-0.1, -0.05) is 25.4 Å². The number of amides is 1. The Labute approximate surface area is 143 Å². The van der Waals surface area contributed by atoms with Crippen LogP contribution in [-0.4, -0.2) is 62.1 Å². The topological polar surface area (TPSA) is 92.5 Å². The average molecular weight is 357 g/mol. The lowest BCUT2D eigenvalue weighted by Crippen LogP contribution is -2.41. The quantitative estimate of drug-likeness (QED) is 0.749. The number of nitrogens with one attached hydrogen (secondary N) is 1. The molecule has 2 rings (SSSR count). The zero-order valence-corrected chi connectivity index (χ0v) is 15.4. The van der Waals surface area contributed by atoms with Crippen molar-refractivity contribution in [1.29, 1.82) is 0 Å². The van der Waals surface area contributed by atoms with Crippen LogP contribution in [-0.2, 0) is 16.3 Å². The van der Waals surface area contributed by atoms with Gasteiger partial charge in [0.25, 0.3) is 5.91 Å². The summed E-state index contributed by atoms with van der Waals surface area (Å²) in [5.74, 6) is 0.937. The predicted molar refractivity (Wildman–Crippen MR) is 91.7 cm³/mol. The minimum atomic E-state index is -2.98. The van der Waals surface area contributed by atoms with Gasteiger partial charge >= 0.3 is 0 Å². The van der Waals surface area contributed by atoms with Crippen molar-refractivity contribution in [1.82, 2.24) is 15.4 Å². The van der Waals surface area contributed by atoms with E-state index in [1.165, 1.54) is 6.26 Å². The first-order chi connectivity index (χ1) is 11.3. The summed E-state index contributed by atoms with van der Waals surface area (Å²) in [6.07, 6.45) is 3.98. The Morgan fingerprint density at radius 1 is 1.42 bits per heavy atom. The number of aromatic nitrogens is 1. The van der Waals surface area contributed by atoms with Crippen LogP contribution in [0.1, 0.15) is 42.9 Å². The molecule has 8 heteroatoms. The molecule has 0 aromatic carbocycles. The van der Waals surface area contributed by atoms with Gasteiger partial charge in [0.05, 0.1) is 5.75 Å². The maximum Gasteiger partial charge on any atom is 0.273 e. The lowest BCUT2D eigenvalue weighted by Gasteiger charge is -2.18. The highest BCUT2D eigenvalue weighted by Crippen LogP contribution is 2.22. The Morgan fingerprint density at radius 3 is 2.75 bits per heavy atom. The van der Waals surface area contributed by atoms with Crippen molar-refractivity contribution in [2.45, 2.75) is 39.2 Å². The maximum atomic E-state index is 12.4. The van der Waals surface area contributed by atoms with Gasteiger partial charge in [0.2, 0.25) is 0 Å². The van der Waals surface area contributed by atoms with Gasteiger partial charge < -0.3 is 9.84 Å². The van der Waals surface area contributed by atoms with E-state index in [1.54, 1.807) is 6.07 Å². The smallest absolute Gasteiger partial charge is 0.273 e. The van der Waals surface area contributed by atoms with Gasteiger partial charge in [-0.25, -0.2) is 8.42 Å². The minimum Gasteiger partial charge on any atom is -0.361 e. The molecule has 2 atom stereocenters. The van der Waals surface area contributed by atoms with Crippen molar-refractivity contribution in [2.75, 3.05) is 31.6 Å². The summed E-state index contributed by atoms with van der Waals surface area (Å²) in [5.41, 5.74) is 0.302. The second-order valence-corrected chi connectivity index (χ2v) is 8.81. The monoisotopic (exact) mass is 357 g/mol. The van der Waals surface area contributed by atoms with Crippen molar-refractivity contribution in [2.24, 2.45) is 5.92 Å². The van der Waals surface area contributed by atoms with Gasteiger partial charge in [0.1, 0.15) is 15.6 Å². The molecule has 2 heterocycles. The number of rotatable bonds is 8. The van der Waals surface area contributed by atoms with E-state index >= 15 is 0 Å². The molecule has 1 aliphatic heterocycles. The van der Waals surface area contributed by atoms with Crippen molar-refractivity contribution in [3.8, 4) is 0 Å². The fraction of sp³-hybridized carbons (Fsp3) is 0.750. The Kier molecular flexibility index (Phi) is 6.40. The summed E-state index contributed by atoms with van der Waals surface area (Å²) in [6, 6.07) is 1.68. The molecule has 0 aliphatic carbocycles. The van der Waals surface area contributed by atoms with Crippen LogP contribution in [0.15, 0.2) is 10.6 Å². The Hall–Kier alpha value is -1.41. The summed E-state index contributed by atoms with van der Waals surface area (Å²) < 4.78 is 27.8. The van der Waals surface area contributed by atoms with E-state index < -0.39 is 9.84 Å². The highest BCUT2D eigenvalue weighted by molar-refractivity contribution is 7.90. The van der Waals surface area contributed by atoms with Crippen LogP contribution in [0.5, 0.6) is 0 Å². The zero-order chi connectivity index (χ0) is 17.7. The molecule has 0 unspecified atom stereocenters. The Bertz CT molecular complexity index is 656. The van der Waals surface area contributed by atoms with Crippen LogP contribution >= 0.6 is 0 Å². The number of carbonyl (C=O) groups excluding carboxylic acids is 1. The second-order valence-electron chi connectivity index (χ2n) is 6.55. The van der Waals surface area contributed by atoms with Crippen LogP contribution in [0, 0.1) is 5.92 Å². The van der Waals surface area contributed by atoms with Crippen molar-refractivity contribution >= 4 is 15.7 Å². The zero-order valence-electron chi connectivity index (χ0n) is 14.6. The van der Waals surface area contributed by atoms with E-state index in [1.807, 2.05) is 6.92 Å². The molecule has 136 valence electrons. The predicted octanol–water partition coefficient (Wildman–Crippen LogP) is 1.11. The van der Waals surface area contributed by atoms with Crippen LogP contribution in [0.3, 0.4) is 0 Å². The number of sulfone groups is 1. The number of hydrogen-bond acceptors (Lipinski definition) is 6. The minimum absolute atomic E-state index is 0.0128. The summed E-state index contributed by atoms with van der Waals surface area (Å²) in [4.78, 5) is 14.5. The Morgan fingerprint density at radius 2 is 2.17 bits per heavy atom. The molecule has 0 radical (unpaired) electrons. The molecule has 1 N–H and O–H groups in total. The third kappa shape index (κ3) is 5.31. The SMILES string of the molecule is CCC[C@H]1CN(CCS(C)(=O)=O)C[C@@H]1NC(=O)c1cc(CC)on1. The summed E-state index contributed by atoms with van der Waals surface area (Å²) in [5, 5.41) is 6.85. The number of aryl methyl sites for hydroxylation is 1. The molecule has 1 saturated heterocycles. The van der Waals surface area contributed by atoms with E-state index in [9.17, 15) is 13.2 Å².